The fourth-order valence-corrected chi connectivity index (χ4v) is 9.14. The van der Waals surface area contributed by atoms with E-state index in [2.05, 4.69) is 252 Å². The molecule has 332 valence electrons. The first-order valence-electron chi connectivity index (χ1n) is 22.4. The summed E-state index contributed by atoms with van der Waals surface area (Å²) >= 11 is 0. The van der Waals surface area contributed by atoms with Crippen LogP contribution < -0.4 is 14.5 Å². The number of fused-ring (bicyclic) bond motifs is 3. The quantitative estimate of drug-likeness (QED) is 0.128. The van der Waals surface area contributed by atoms with Gasteiger partial charge in [0.05, 0.1) is 0 Å². The van der Waals surface area contributed by atoms with Crippen molar-refractivity contribution >= 4 is 33.2 Å². The summed E-state index contributed by atoms with van der Waals surface area (Å²) in [5.74, 6) is 2.02. The molecule has 66 heavy (non-hydrogen) atoms. The number of anilines is 2. The summed E-state index contributed by atoms with van der Waals surface area (Å²) in [6, 6.07) is 67.4. The van der Waals surface area contributed by atoms with Crippen molar-refractivity contribution < 1.29 is 25.8 Å². The smallest absolute Gasteiger partial charge is 0.135 e. The Bertz CT molecular complexity index is 3200. The molecule has 1 aliphatic rings. The molecule has 0 saturated carbocycles. The Morgan fingerprint density at radius 1 is 0.530 bits per heavy atom. The van der Waals surface area contributed by atoms with Crippen LogP contribution in [0.4, 0.5) is 11.4 Å². The minimum atomic E-state index is -0.402. The SMILES string of the molecule is CC(C)(C)c1cc(-c2ccccc2)cc(N2C=CN(c3[c-]c(Oc4[c-]c5c(c(C(C)(C)c6ccccc6)c4)c4ccccc4n5-c4cc(C(C)(C)c5ccccc5)ccn4)ccc3)[CH-]2)c1.[Pt]. The number of hydrogen-bond donors (Lipinski definition) is 0. The molecule has 0 bridgehead atoms. The maximum Gasteiger partial charge on any atom is 0.135 e. The van der Waals surface area contributed by atoms with Crippen LogP contribution in [0.15, 0.2) is 188 Å². The zero-order valence-corrected chi connectivity index (χ0v) is 40.8. The summed E-state index contributed by atoms with van der Waals surface area (Å²) in [7, 11) is 0. The van der Waals surface area contributed by atoms with Gasteiger partial charge in [0.1, 0.15) is 5.82 Å². The maximum atomic E-state index is 6.89. The van der Waals surface area contributed by atoms with Crippen LogP contribution in [0.25, 0.3) is 38.8 Å². The molecular weight excluding hydrogens is 988 g/mol. The van der Waals surface area contributed by atoms with Gasteiger partial charge in [0.15, 0.2) is 0 Å². The molecule has 0 N–H and O–H groups in total. The van der Waals surface area contributed by atoms with Crippen molar-refractivity contribution in [2.45, 2.75) is 64.7 Å². The van der Waals surface area contributed by atoms with Gasteiger partial charge in [0.2, 0.25) is 0 Å². The molecule has 0 saturated heterocycles. The largest absolute Gasteiger partial charge is 0.509 e. The molecule has 0 amide bonds. The van der Waals surface area contributed by atoms with E-state index in [1.807, 2.05) is 18.3 Å². The Morgan fingerprint density at radius 3 is 1.89 bits per heavy atom. The van der Waals surface area contributed by atoms with Crippen LogP contribution in [0, 0.1) is 18.8 Å². The second-order valence-electron chi connectivity index (χ2n) is 19.1. The minimum absolute atomic E-state index is 0. The van der Waals surface area contributed by atoms with Crippen LogP contribution in [-0.2, 0) is 37.3 Å². The molecule has 3 heterocycles. The van der Waals surface area contributed by atoms with Gasteiger partial charge in [-0.15, -0.1) is 48.3 Å². The number of benzene rings is 7. The summed E-state index contributed by atoms with van der Waals surface area (Å²) in [5.41, 5.74) is 11.7. The van der Waals surface area contributed by atoms with Gasteiger partial charge in [-0.05, 0) is 92.3 Å². The summed E-state index contributed by atoms with van der Waals surface area (Å²) in [6.45, 7) is 18.0. The zero-order chi connectivity index (χ0) is 44.9. The standard InChI is InChI=1S/C60H53N4O.Pt/c1-58(2,3)47-34-43(42-20-11-8-12-21-42)35-49(36-47)63-33-32-62(41-63)48-26-19-27-50(38-48)65-51-39-53(60(6,7)45-24-15-10-16-25-45)57-52-28-17-18-29-54(52)64(55(57)40-51)56-37-46(30-31-61-56)59(4,5)44-22-13-9-14-23-44;/h8-37,39,41H,1-7H3;/q-3;. The zero-order valence-electron chi connectivity index (χ0n) is 38.5. The fourth-order valence-electron chi connectivity index (χ4n) is 9.14. The summed E-state index contributed by atoms with van der Waals surface area (Å²) in [6.07, 6.45) is 6.10. The fraction of sp³-hybridized carbons (Fsp3) is 0.167. The van der Waals surface area contributed by atoms with Gasteiger partial charge in [-0.25, -0.2) is 4.98 Å². The molecule has 6 heteroatoms. The Balaban J connectivity index is 0.00000548. The third kappa shape index (κ3) is 8.38. The third-order valence-electron chi connectivity index (χ3n) is 13.1. The van der Waals surface area contributed by atoms with Crippen LogP contribution in [-0.4, -0.2) is 9.55 Å². The van der Waals surface area contributed by atoms with Crippen LogP contribution in [0.3, 0.4) is 0 Å². The molecule has 9 aromatic rings. The van der Waals surface area contributed by atoms with Gasteiger partial charge in [-0.3, -0.25) is 0 Å². The molecule has 0 atom stereocenters. The van der Waals surface area contributed by atoms with Crippen LogP contribution in [0.5, 0.6) is 11.5 Å². The van der Waals surface area contributed by atoms with E-state index < -0.39 is 5.41 Å². The van der Waals surface area contributed by atoms with Crippen molar-refractivity contribution in [3.05, 3.63) is 235 Å². The van der Waals surface area contributed by atoms with E-state index in [4.69, 9.17) is 9.72 Å². The molecule has 2 aromatic heterocycles. The van der Waals surface area contributed by atoms with Crippen LogP contribution >= 0.6 is 0 Å². The summed E-state index contributed by atoms with van der Waals surface area (Å²) in [5, 5.41) is 2.26. The first-order chi connectivity index (χ1) is 31.3. The van der Waals surface area contributed by atoms with Crippen molar-refractivity contribution in [1.29, 1.82) is 0 Å². The number of pyridine rings is 1. The first kappa shape index (κ1) is 44.5. The number of para-hydroxylation sites is 1. The van der Waals surface area contributed by atoms with Gasteiger partial charge in [-0.2, -0.15) is 6.07 Å². The Hall–Kier alpha value is -6.68. The molecule has 0 radical (unpaired) electrons. The van der Waals surface area contributed by atoms with Gasteiger partial charge >= 0.3 is 0 Å². The van der Waals surface area contributed by atoms with Crippen molar-refractivity contribution in [2.24, 2.45) is 0 Å². The molecule has 0 fully saturated rings. The second-order valence-corrected chi connectivity index (χ2v) is 19.1. The number of rotatable bonds is 10. The van der Waals surface area contributed by atoms with E-state index in [1.54, 1.807) is 0 Å². The molecule has 10 rings (SSSR count). The Morgan fingerprint density at radius 2 is 1.18 bits per heavy atom. The number of aromatic nitrogens is 2. The van der Waals surface area contributed by atoms with Crippen molar-refractivity contribution in [3.8, 4) is 28.4 Å². The third-order valence-corrected chi connectivity index (χ3v) is 13.1. The van der Waals surface area contributed by atoms with Crippen molar-refractivity contribution in [1.82, 2.24) is 9.55 Å². The average molecular weight is 1040 g/mol. The molecule has 1 aliphatic heterocycles. The summed E-state index contributed by atoms with van der Waals surface area (Å²) in [4.78, 5) is 9.31. The average Bonchev–Trinajstić information content (AvgIpc) is 3.96. The predicted molar refractivity (Wildman–Crippen MR) is 269 cm³/mol. The van der Waals surface area contributed by atoms with E-state index in [-0.39, 0.29) is 31.9 Å². The number of nitrogens with zero attached hydrogens (tertiary/aromatic N) is 4. The van der Waals surface area contributed by atoms with E-state index in [0.717, 1.165) is 44.6 Å². The van der Waals surface area contributed by atoms with Crippen LogP contribution in [0.2, 0.25) is 0 Å². The molecule has 0 unspecified atom stereocenters. The van der Waals surface area contributed by atoms with Crippen LogP contribution in [0.1, 0.15) is 76.3 Å². The normalized spacial score (nSPS) is 13.1. The van der Waals surface area contributed by atoms with Gasteiger partial charge in [-0.1, -0.05) is 175 Å². The van der Waals surface area contributed by atoms with Gasteiger partial charge in [0.25, 0.3) is 0 Å². The Kier molecular flexibility index (Phi) is 11.9. The molecule has 0 spiro atoms. The molecule has 7 aromatic carbocycles. The molecule has 0 aliphatic carbocycles. The van der Waals surface area contributed by atoms with Gasteiger partial charge < -0.3 is 19.1 Å². The monoisotopic (exact) mass is 1040 g/mol. The Labute approximate surface area is 404 Å². The first-order valence-corrected chi connectivity index (χ1v) is 22.4. The van der Waals surface area contributed by atoms with E-state index in [0.29, 0.717) is 11.5 Å². The van der Waals surface area contributed by atoms with Crippen molar-refractivity contribution in [2.75, 3.05) is 9.80 Å². The van der Waals surface area contributed by atoms with E-state index in [1.165, 1.54) is 33.4 Å². The predicted octanol–water partition coefficient (Wildman–Crippen LogP) is 15.1. The molecular formula is C60H53N4OPt-3. The van der Waals surface area contributed by atoms with Crippen molar-refractivity contribution in [3.63, 3.8) is 0 Å². The van der Waals surface area contributed by atoms with Gasteiger partial charge in [0, 0.05) is 55.4 Å². The minimum Gasteiger partial charge on any atom is -0.509 e. The maximum absolute atomic E-state index is 6.89. The number of ether oxygens (including phenoxy) is 1. The second kappa shape index (κ2) is 17.6. The molecule has 5 nitrogen and oxygen atoms in total. The number of hydrogen-bond acceptors (Lipinski definition) is 4. The van der Waals surface area contributed by atoms with E-state index >= 15 is 0 Å². The van der Waals surface area contributed by atoms with E-state index in [9.17, 15) is 0 Å². The topological polar surface area (TPSA) is 33.5 Å². The summed E-state index contributed by atoms with van der Waals surface area (Å²) < 4.78 is 9.14.